The second kappa shape index (κ2) is 13.9. The van der Waals surface area contributed by atoms with E-state index in [4.69, 9.17) is 32.5 Å². The second-order valence-corrected chi connectivity index (χ2v) is 25.3. The summed E-state index contributed by atoms with van der Waals surface area (Å²) in [6.07, 6.45) is -0.697. The highest BCUT2D eigenvalue weighted by Crippen LogP contribution is 2.47. The Kier molecular flexibility index (Phi) is 11.3. The normalized spacial score (nSPS) is 31.3. The minimum atomic E-state index is -2.26. The zero-order valence-corrected chi connectivity index (χ0v) is 31.0. The number of carbonyl (C=O) groups excluding carboxylic acids is 1. The number of hydrogen-bond acceptors (Lipinski definition) is 8. The van der Waals surface area contributed by atoms with Gasteiger partial charge in [0.1, 0.15) is 36.6 Å². The molecule has 0 radical (unpaired) electrons. The Morgan fingerprint density at radius 2 is 1.41 bits per heavy atom. The predicted molar refractivity (Wildman–Crippen MR) is 177 cm³/mol. The number of fused-ring (bicyclic) bond motifs is 2. The van der Waals surface area contributed by atoms with Gasteiger partial charge in [-0.1, -0.05) is 71.9 Å². The molecule has 3 fully saturated rings. The van der Waals surface area contributed by atoms with Crippen molar-refractivity contribution in [3.63, 3.8) is 0 Å². The van der Waals surface area contributed by atoms with E-state index in [9.17, 15) is 4.79 Å². The molecule has 0 N–H and O–H groups in total. The summed E-state index contributed by atoms with van der Waals surface area (Å²) < 4.78 is 46.4. The Labute approximate surface area is 268 Å². The molecule has 250 valence electrons. The summed E-state index contributed by atoms with van der Waals surface area (Å²) in [5.41, 5.74) is 1.12. The van der Waals surface area contributed by atoms with Crippen LogP contribution in [0.2, 0.25) is 36.3 Å². The van der Waals surface area contributed by atoms with Gasteiger partial charge >= 0.3 is 5.97 Å². The minimum Gasteiger partial charge on any atom is -0.466 e. The van der Waals surface area contributed by atoms with Crippen LogP contribution in [0.25, 0.3) is 0 Å². The predicted octanol–water partition coefficient (Wildman–Crippen LogP) is 7.02. The first kappa shape index (κ1) is 35.7. The summed E-state index contributed by atoms with van der Waals surface area (Å²) in [5, 5.41) is 0.00613. The van der Waals surface area contributed by atoms with E-state index in [1.807, 2.05) is 25.1 Å². The third-order valence-electron chi connectivity index (χ3n) is 10.4. The average molecular weight is 651 g/mol. The van der Waals surface area contributed by atoms with Gasteiger partial charge in [-0.15, -0.1) is 0 Å². The Morgan fingerprint density at radius 1 is 0.818 bits per heavy atom. The van der Waals surface area contributed by atoms with Crippen molar-refractivity contribution in [3.8, 4) is 0 Å². The van der Waals surface area contributed by atoms with E-state index in [0.717, 1.165) is 18.4 Å². The number of hydrogen-bond donors (Lipinski definition) is 0. The van der Waals surface area contributed by atoms with E-state index in [1.54, 1.807) is 0 Å². The van der Waals surface area contributed by atoms with Crippen LogP contribution in [0.15, 0.2) is 30.3 Å². The molecule has 1 aromatic carbocycles. The zero-order chi connectivity index (χ0) is 32.5. The molecule has 0 bridgehead atoms. The van der Waals surface area contributed by atoms with Crippen molar-refractivity contribution in [1.29, 1.82) is 0 Å². The van der Waals surface area contributed by atoms with Gasteiger partial charge in [-0.3, -0.25) is 4.79 Å². The Morgan fingerprint density at radius 3 is 2.00 bits per heavy atom. The lowest BCUT2D eigenvalue weighted by molar-refractivity contribution is -0.256. The number of esters is 1. The first-order chi connectivity index (χ1) is 20.4. The Bertz CT molecular complexity index is 1080. The monoisotopic (exact) mass is 650 g/mol. The van der Waals surface area contributed by atoms with Crippen LogP contribution in [0.5, 0.6) is 0 Å². The first-order valence-electron chi connectivity index (χ1n) is 16.5. The fraction of sp³-hybridized carbons (Fsp3) is 0.794. The number of carbonyl (C=O) groups is 1. The first-order valence-corrected chi connectivity index (χ1v) is 22.3. The maximum Gasteiger partial charge on any atom is 0.308 e. The third-order valence-corrected chi connectivity index (χ3v) is 19.3. The van der Waals surface area contributed by atoms with E-state index in [2.05, 4.69) is 79.9 Å². The minimum absolute atomic E-state index is 0.0108. The highest BCUT2D eigenvalue weighted by Gasteiger charge is 2.61. The summed E-state index contributed by atoms with van der Waals surface area (Å²) in [5.74, 6) is -0.233. The van der Waals surface area contributed by atoms with Gasteiger partial charge in [0.15, 0.2) is 16.6 Å². The summed E-state index contributed by atoms with van der Waals surface area (Å²) in [6, 6.07) is 10.2. The molecule has 8 atom stereocenters. The molecule has 0 unspecified atom stereocenters. The quantitative estimate of drug-likeness (QED) is 0.187. The molecule has 3 heterocycles. The molecule has 3 aliphatic rings. The molecule has 0 aliphatic carbocycles. The summed E-state index contributed by atoms with van der Waals surface area (Å²) in [7, 11) is -4.46. The standard InChI is InChI=1S/C34H58O8Si2/c1-12-37-27(35)20-24-18-19-25-28(38-24)32(42-44(10,11)34(5,6)7)31-30(39-25)29(41-43(8,9)33(2,3)4)26(40-31)22-36-21-23-16-14-13-15-17-23/h13-17,24-26,28-32H,12,18-22H2,1-11H3/t24-,25+,26-,28+,29+,30+,31-,32+/m1/s1. The van der Waals surface area contributed by atoms with E-state index in [0.29, 0.717) is 19.8 Å². The summed E-state index contributed by atoms with van der Waals surface area (Å²) in [6.45, 7) is 25.7. The molecule has 8 nitrogen and oxygen atoms in total. The van der Waals surface area contributed by atoms with E-state index in [1.165, 1.54) is 0 Å². The lowest BCUT2D eigenvalue weighted by Crippen LogP contribution is -2.65. The molecule has 0 spiro atoms. The van der Waals surface area contributed by atoms with E-state index in [-0.39, 0.29) is 71.3 Å². The van der Waals surface area contributed by atoms with Crippen LogP contribution in [-0.4, -0.2) is 84.6 Å². The third kappa shape index (κ3) is 8.23. The number of benzene rings is 1. The molecular formula is C34H58O8Si2. The lowest BCUT2D eigenvalue weighted by Gasteiger charge is -2.51. The summed E-state index contributed by atoms with van der Waals surface area (Å²) in [4.78, 5) is 12.4. The van der Waals surface area contributed by atoms with Crippen molar-refractivity contribution in [2.45, 2.75) is 159 Å². The van der Waals surface area contributed by atoms with E-state index < -0.39 is 16.6 Å². The van der Waals surface area contributed by atoms with Gasteiger partial charge in [0, 0.05) is 0 Å². The molecule has 10 heteroatoms. The lowest BCUT2D eigenvalue weighted by atomic mass is 9.88. The zero-order valence-electron chi connectivity index (χ0n) is 29.0. The van der Waals surface area contributed by atoms with E-state index >= 15 is 0 Å². The van der Waals surface area contributed by atoms with Crippen LogP contribution < -0.4 is 0 Å². The topological polar surface area (TPSA) is 81.7 Å². The maximum absolute atomic E-state index is 12.4. The van der Waals surface area contributed by atoms with Gasteiger partial charge in [-0.2, -0.15) is 0 Å². The van der Waals surface area contributed by atoms with Crippen molar-refractivity contribution in [2.75, 3.05) is 13.2 Å². The molecule has 1 aromatic rings. The van der Waals surface area contributed by atoms with Crippen LogP contribution in [0.4, 0.5) is 0 Å². The Balaban J connectivity index is 1.64. The molecular weight excluding hydrogens is 593 g/mol. The average Bonchev–Trinajstić information content (AvgIpc) is 3.24. The van der Waals surface area contributed by atoms with Crippen LogP contribution in [0.3, 0.4) is 0 Å². The molecule has 0 aromatic heterocycles. The van der Waals surface area contributed by atoms with Gasteiger partial charge in [0.05, 0.1) is 38.4 Å². The van der Waals surface area contributed by atoms with Crippen LogP contribution >= 0.6 is 0 Å². The van der Waals surface area contributed by atoms with Crippen molar-refractivity contribution in [2.24, 2.45) is 0 Å². The Hall–Kier alpha value is -1.12. The number of ether oxygens (including phenoxy) is 5. The van der Waals surface area contributed by atoms with Crippen molar-refractivity contribution in [3.05, 3.63) is 35.9 Å². The SMILES string of the molecule is CCOC(=O)C[C@H]1CC[C@@H]2O[C@@H]3[C@@H](O[C@H](COCc4ccccc4)[C@@H]3O[Si](C)(C)C(C)(C)C)[C@@H](O[Si](C)(C)C(C)(C)C)[C@H]2O1. The molecule has 4 rings (SSSR count). The van der Waals surface area contributed by atoms with Crippen LogP contribution in [0.1, 0.15) is 73.3 Å². The fourth-order valence-corrected chi connectivity index (χ4v) is 8.38. The maximum atomic E-state index is 12.4. The molecule has 3 saturated heterocycles. The smallest absolute Gasteiger partial charge is 0.308 e. The molecule has 44 heavy (non-hydrogen) atoms. The summed E-state index contributed by atoms with van der Waals surface area (Å²) >= 11 is 0. The largest absolute Gasteiger partial charge is 0.466 e. The molecule has 0 amide bonds. The van der Waals surface area contributed by atoms with Crippen molar-refractivity contribution in [1.82, 2.24) is 0 Å². The second-order valence-electron chi connectivity index (χ2n) is 15.8. The van der Waals surface area contributed by atoms with Crippen molar-refractivity contribution >= 4 is 22.6 Å². The van der Waals surface area contributed by atoms with Gasteiger partial charge in [-0.25, -0.2) is 0 Å². The van der Waals surface area contributed by atoms with Gasteiger partial charge in [0.2, 0.25) is 0 Å². The number of rotatable bonds is 11. The highest BCUT2D eigenvalue weighted by atomic mass is 28.4. The van der Waals surface area contributed by atoms with Crippen molar-refractivity contribution < 1.29 is 37.3 Å². The molecule has 3 aliphatic heterocycles. The van der Waals surface area contributed by atoms with Gasteiger partial charge in [0.25, 0.3) is 0 Å². The fourth-order valence-electron chi connectivity index (χ4n) is 5.76. The van der Waals surface area contributed by atoms with Gasteiger partial charge < -0.3 is 32.5 Å². The highest BCUT2D eigenvalue weighted by molar-refractivity contribution is 6.74. The van der Waals surface area contributed by atoms with Gasteiger partial charge in [-0.05, 0) is 61.6 Å². The van der Waals surface area contributed by atoms with Crippen LogP contribution in [-0.2, 0) is 43.9 Å². The van der Waals surface area contributed by atoms with Crippen LogP contribution in [0, 0.1) is 0 Å². The molecule has 0 saturated carbocycles.